The largest absolute Gasteiger partial charge is 0.326 e. The van der Waals surface area contributed by atoms with E-state index in [4.69, 9.17) is 5.73 Å². The minimum Gasteiger partial charge on any atom is -0.326 e. The number of hydrogen-bond acceptors (Lipinski definition) is 4. The van der Waals surface area contributed by atoms with Crippen molar-refractivity contribution in [3.63, 3.8) is 0 Å². The van der Waals surface area contributed by atoms with Crippen LogP contribution in [0, 0.1) is 5.92 Å². The standard InChI is InChI=1S/C13H20N2O3S/c1-10(2)8-19(17,18)9-13(16)15-12-5-3-4-11(6-12)7-14/h3-6,10H,7-9,14H2,1-2H3,(H,15,16). The molecule has 0 aromatic heterocycles. The highest BCUT2D eigenvalue weighted by molar-refractivity contribution is 7.92. The number of carbonyl (C=O) groups is 1. The van der Waals surface area contributed by atoms with Gasteiger partial charge in [-0.25, -0.2) is 8.42 Å². The lowest BCUT2D eigenvalue weighted by Gasteiger charge is -2.08. The Morgan fingerprint density at radius 3 is 2.63 bits per heavy atom. The third-order valence-electron chi connectivity index (χ3n) is 2.38. The van der Waals surface area contributed by atoms with Crippen LogP contribution in [0.5, 0.6) is 0 Å². The number of amides is 1. The summed E-state index contributed by atoms with van der Waals surface area (Å²) < 4.78 is 23.4. The molecule has 0 radical (unpaired) electrons. The monoisotopic (exact) mass is 284 g/mol. The Labute approximate surface area is 114 Å². The Balaban J connectivity index is 2.65. The van der Waals surface area contributed by atoms with Gasteiger partial charge in [0.1, 0.15) is 5.75 Å². The smallest absolute Gasteiger partial charge is 0.239 e. The second-order valence-electron chi connectivity index (χ2n) is 4.90. The molecule has 1 aromatic rings. The van der Waals surface area contributed by atoms with Crippen molar-refractivity contribution in [2.24, 2.45) is 11.7 Å². The van der Waals surface area contributed by atoms with Crippen molar-refractivity contribution in [2.75, 3.05) is 16.8 Å². The minimum absolute atomic E-state index is 0.0124. The second-order valence-corrected chi connectivity index (χ2v) is 7.01. The summed E-state index contributed by atoms with van der Waals surface area (Å²) in [6, 6.07) is 7.03. The van der Waals surface area contributed by atoms with E-state index in [0.717, 1.165) is 5.56 Å². The maximum Gasteiger partial charge on any atom is 0.239 e. The van der Waals surface area contributed by atoms with Crippen molar-refractivity contribution in [3.8, 4) is 0 Å². The number of anilines is 1. The first-order valence-electron chi connectivity index (χ1n) is 6.11. The van der Waals surface area contributed by atoms with E-state index in [1.54, 1.807) is 32.0 Å². The van der Waals surface area contributed by atoms with Gasteiger partial charge in [-0.15, -0.1) is 0 Å². The maximum atomic E-state index is 11.7. The highest BCUT2D eigenvalue weighted by Crippen LogP contribution is 2.10. The van der Waals surface area contributed by atoms with Gasteiger partial charge in [0, 0.05) is 12.2 Å². The fraction of sp³-hybridized carbons (Fsp3) is 0.462. The Kier molecular flexibility index (Phi) is 5.50. The van der Waals surface area contributed by atoms with Crippen molar-refractivity contribution in [1.82, 2.24) is 0 Å². The molecular formula is C13H20N2O3S. The van der Waals surface area contributed by atoms with E-state index in [-0.39, 0.29) is 11.7 Å². The lowest BCUT2D eigenvalue weighted by Crippen LogP contribution is -2.26. The van der Waals surface area contributed by atoms with Gasteiger partial charge in [0.2, 0.25) is 5.91 Å². The molecule has 1 amide bonds. The lowest BCUT2D eigenvalue weighted by atomic mass is 10.2. The lowest BCUT2D eigenvalue weighted by molar-refractivity contribution is -0.113. The van der Waals surface area contributed by atoms with E-state index >= 15 is 0 Å². The molecule has 0 saturated heterocycles. The summed E-state index contributed by atoms with van der Waals surface area (Å²) in [7, 11) is -3.35. The molecule has 3 N–H and O–H groups in total. The van der Waals surface area contributed by atoms with Crippen LogP contribution in [0.3, 0.4) is 0 Å². The van der Waals surface area contributed by atoms with Crippen molar-refractivity contribution in [3.05, 3.63) is 29.8 Å². The molecule has 19 heavy (non-hydrogen) atoms. The van der Waals surface area contributed by atoms with Gasteiger partial charge in [-0.05, 0) is 23.6 Å². The predicted octanol–water partition coefficient (Wildman–Crippen LogP) is 1.15. The molecule has 6 heteroatoms. The van der Waals surface area contributed by atoms with Gasteiger partial charge in [0.25, 0.3) is 0 Å². The molecule has 0 fully saturated rings. The summed E-state index contributed by atoms with van der Waals surface area (Å²) in [5.74, 6) is -0.977. The number of sulfone groups is 1. The number of benzene rings is 1. The first-order valence-corrected chi connectivity index (χ1v) is 7.94. The first kappa shape index (κ1) is 15.7. The Bertz CT molecular complexity index is 539. The Morgan fingerprint density at radius 1 is 1.37 bits per heavy atom. The normalized spacial score (nSPS) is 11.6. The van der Waals surface area contributed by atoms with Crippen LogP contribution in [0.25, 0.3) is 0 Å². The molecule has 0 aliphatic rings. The van der Waals surface area contributed by atoms with E-state index in [0.29, 0.717) is 12.2 Å². The van der Waals surface area contributed by atoms with Crippen LogP contribution in [0.15, 0.2) is 24.3 Å². The topological polar surface area (TPSA) is 89.3 Å². The summed E-state index contributed by atoms with van der Waals surface area (Å²) in [5.41, 5.74) is 6.94. The Hall–Kier alpha value is -1.40. The van der Waals surface area contributed by atoms with Gasteiger partial charge in [-0.1, -0.05) is 26.0 Å². The zero-order valence-electron chi connectivity index (χ0n) is 11.2. The van der Waals surface area contributed by atoms with E-state index in [9.17, 15) is 13.2 Å². The number of carbonyl (C=O) groups excluding carboxylic acids is 1. The summed E-state index contributed by atoms with van der Waals surface area (Å²) >= 11 is 0. The first-order chi connectivity index (χ1) is 8.82. The molecule has 1 rings (SSSR count). The number of rotatable bonds is 6. The van der Waals surface area contributed by atoms with Crippen LogP contribution in [0.2, 0.25) is 0 Å². The zero-order chi connectivity index (χ0) is 14.5. The molecule has 0 bridgehead atoms. The van der Waals surface area contributed by atoms with Crippen LogP contribution in [-0.4, -0.2) is 25.8 Å². The molecule has 0 heterocycles. The van der Waals surface area contributed by atoms with Gasteiger partial charge in [0.15, 0.2) is 9.84 Å². The van der Waals surface area contributed by atoms with E-state index in [2.05, 4.69) is 5.32 Å². The molecule has 5 nitrogen and oxygen atoms in total. The third kappa shape index (κ3) is 5.85. The van der Waals surface area contributed by atoms with Crippen LogP contribution in [0.1, 0.15) is 19.4 Å². The summed E-state index contributed by atoms with van der Waals surface area (Å²) in [6.07, 6.45) is 0. The van der Waals surface area contributed by atoms with Crippen molar-refractivity contribution >= 4 is 21.4 Å². The van der Waals surface area contributed by atoms with Gasteiger partial charge in [-0.3, -0.25) is 4.79 Å². The summed E-state index contributed by atoms with van der Waals surface area (Å²) in [5, 5.41) is 2.57. The van der Waals surface area contributed by atoms with Crippen molar-refractivity contribution in [2.45, 2.75) is 20.4 Å². The molecule has 1 aromatic carbocycles. The quantitative estimate of drug-likeness (QED) is 0.820. The van der Waals surface area contributed by atoms with Gasteiger partial charge in [-0.2, -0.15) is 0 Å². The highest BCUT2D eigenvalue weighted by Gasteiger charge is 2.18. The zero-order valence-corrected chi connectivity index (χ0v) is 12.0. The molecule has 0 saturated carbocycles. The molecule has 0 spiro atoms. The number of nitrogens with two attached hydrogens (primary N) is 1. The molecule has 0 aliphatic carbocycles. The average Bonchev–Trinajstić information content (AvgIpc) is 2.26. The van der Waals surface area contributed by atoms with Gasteiger partial charge < -0.3 is 11.1 Å². The van der Waals surface area contributed by atoms with E-state index in [1.165, 1.54) is 0 Å². The average molecular weight is 284 g/mol. The van der Waals surface area contributed by atoms with Crippen LogP contribution in [-0.2, 0) is 21.2 Å². The van der Waals surface area contributed by atoms with Gasteiger partial charge >= 0.3 is 0 Å². The SMILES string of the molecule is CC(C)CS(=O)(=O)CC(=O)Nc1cccc(CN)c1. The van der Waals surface area contributed by atoms with E-state index < -0.39 is 21.5 Å². The van der Waals surface area contributed by atoms with Crippen molar-refractivity contribution in [1.29, 1.82) is 0 Å². The Morgan fingerprint density at radius 2 is 2.05 bits per heavy atom. The number of nitrogens with one attached hydrogen (secondary N) is 1. The molecule has 0 unspecified atom stereocenters. The molecule has 0 aliphatic heterocycles. The number of hydrogen-bond donors (Lipinski definition) is 2. The van der Waals surface area contributed by atoms with E-state index in [1.807, 2.05) is 6.07 Å². The van der Waals surface area contributed by atoms with Crippen LogP contribution < -0.4 is 11.1 Å². The molecular weight excluding hydrogens is 264 g/mol. The summed E-state index contributed by atoms with van der Waals surface area (Å²) in [4.78, 5) is 11.7. The fourth-order valence-electron chi connectivity index (χ4n) is 1.74. The predicted molar refractivity (Wildman–Crippen MR) is 76.5 cm³/mol. The van der Waals surface area contributed by atoms with Gasteiger partial charge in [0.05, 0.1) is 5.75 Å². The van der Waals surface area contributed by atoms with Crippen LogP contribution >= 0.6 is 0 Å². The molecule has 0 atom stereocenters. The molecule has 106 valence electrons. The minimum atomic E-state index is -3.35. The van der Waals surface area contributed by atoms with Crippen LogP contribution in [0.4, 0.5) is 5.69 Å². The summed E-state index contributed by atoms with van der Waals surface area (Å²) in [6.45, 7) is 3.98. The maximum absolute atomic E-state index is 11.7. The van der Waals surface area contributed by atoms with Crippen molar-refractivity contribution < 1.29 is 13.2 Å². The highest BCUT2D eigenvalue weighted by atomic mass is 32.2. The second kappa shape index (κ2) is 6.68. The fourth-order valence-corrected chi connectivity index (χ4v) is 3.34. The third-order valence-corrected chi connectivity index (χ3v) is 4.26.